The summed E-state index contributed by atoms with van der Waals surface area (Å²) in [6.07, 6.45) is 1.94. The lowest BCUT2D eigenvalue weighted by Crippen LogP contribution is -2.63. The number of carbonyl (C=O) groups is 2. The van der Waals surface area contributed by atoms with Crippen LogP contribution in [-0.2, 0) is 11.2 Å². The molecule has 9 nitrogen and oxygen atoms in total. The number of methoxy groups -OCH3 is 1. The lowest BCUT2D eigenvalue weighted by molar-refractivity contribution is -0.131. The van der Waals surface area contributed by atoms with E-state index in [1.165, 1.54) is 4.90 Å². The number of carbonyl (C=O) groups excluding carboxylic acids is 1. The molecule has 2 aliphatic heterocycles. The maximum Gasteiger partial charge on any atom is 0.408 e. The van der Waals surface area contributed by atoms with Gasteiger partial charge in [0, 0.05) is 24.7 Å². The molecule has 2 amide bonds. The number of rotatable bonds is 12. The first-order chi connectivity index (χ1) is 22.7. The van der Waals surface area contributed by atoms with E-state index in [0.29, 0.717) is 55.5 Å². The summed E-state index contributed by atoms with van der Waals surface area (Å²) in [6.45, 7) is 0.800. The molecule has 2 atom stereocenters. The molecule has 3 aromatic rings. The first-order valence-electron chi connectivity index (χ1n) is 15.6. The average molecular weight is 652 g/mol. The summed E-state index contributed by atoms with van der Waals surface area (Å²) in [7, 11) is 1.58. The number of piperazine rings is 1. The monoisotopic (exact) mass is 651 g/mol. The van der Waals surface area contributed by atoms with Crippen LogP contribution in [0.5, 0.6) is 17.2 Å². The van der Waals surface area contributed by atoms with Crippen LogP contribution in [0, 0.1) is 17.5 Å². The summed E-state index contributed by atoms with van der Waals surface area (Å²) in [5.74, 6) is -3.20. The Hall–Kier alpha value is -4.71. The van der Waals surface area contributed by atoms with Crippen LogP contribution in [0.3, 0.4) is 0 Å². The number of benzene rings is 3. The molecular weight excluding hydrogens is 615 g/mol. The molecule has 2 fully saturated rings. The molecule has 1 saturated carbocycles. The Morgan fingerprint density at radius 3 is 2.32 bits per heavy atom. The van der Waals surface area contributed by atoms with Crippen molar-refractivity contribution in [3.8, 4) is 17.2 Å². The van der Waals surface area contributed by atoms with E-state index in [-0.39, 0.29) is 31.3 Å². The van der Waals surface area contributed by atoms with Gasteiger partial charge in [-0.2, -0.15) is 4.39 Å². The van der Waals surface area contributed by atoms with Crippen molar-refractivity contribution < 1.29 is 42.1 Å². The van der Waals surface area contributed by atoms with Crippen molar-refractivity contribution in [1.82, 2.24) is 15.1 Å². The third-order valence-corrected chi connectivity index (χ3v) is 8.83. The zero-order chi connectivity index (χ0) is 33.1. The van der Waals surface area contributed by atoms with E-state index in [0.717, 1.165) is 35.6 Å². The van der Waals surface area contributed by atoms with Crippen LogP contribution >= 0.6 is 0 Å². The minimum Gasteiger partial charge on any atom is -0.497 e. The molecule has 0 unspecified atom stereocenters. The van der Waals surface area contributed by atoms with Crippen LogP contribution in [0.25, 0.3) is 5.57 Å². The molecule has 1 saturated heterocycles. The fourth-order valence-corrected chi connectivity index (χ4v) is 6.28. The zero-order valence-corrected chi connectivity index (χ0v) is 25.9. The van der Waals surface area contributed by atoms with E-state index in [1.807, 2.05) is 24.3 Å². The summed E-state index contributed by atoms with van der Waals surface area (Å²) < 4.78 is 57.7. The first-order valence-corrected chi connectivity index (χ1v) is 15.6. The molecule has 6 rings (SSSR count). The molecule has 2 heterocycles. The largest absolute Gasteiger partial charge is 0.497 e. The third-order valence-electron chi connectivity index (χ3n) is 8.83. The van der Waals surface area contributed by atoms with Crippen LogP contribution in [0.15, 0.2) is 66.2 Å². The number of hydrogen-bond donors (Lipinski definition) is 2. The number of nitrogens with zero attached hydrogens (tertiary/aromatic N) is 2. The Kier molecular flexibility index (Phi) is 9.58. The fourth-order valence-electron chi connectivity index (χ4n) is 6.28. The van der Waals surface area contributed by atoms with Gasteiger partial charge in [-0.3, -0.25) is 9.69 Å². The zero-order valence-electron chi connectivity index (χ0n) is 25.9. The lowest BCUT2D eigenvalue weighted by Gasteiger charge is -2.47. The maximum absolute atomic E-state index is 14.4. The first kappa shape index (κ1) is 32.2. The van der Waals surface area contributed by atoms with E-state index >= 15 is 0 Å². The molecular formula is C35H36F3N3O6. The van der Waals surface area contributed by atoms with Gasteiger partial charge in [0.25, 0.3) is 5.91 Å². The van der Waals surface area contributed by atoms with Crippen molar-refractivity contribution in [2.45, 2.75) is 50.2 Å². The van der Waals surface area contributed by atoms with E-state index < -0.39 is 35.3 Å². The van der Waals surface area contributed by atoms with Gasteiger partial charge in [0.05, 0.1) is 25.8 Å². The van der Waals surface area contributed by atoms with Crippen molar-refractivity contribution in [3.63, 3.8) is 0 Å². The van der Waals surface area contributed by atoms with Gasteiger partial charge in [-0.25, -0.2) is 13.6 Å². The maximum atomic E-state index is 14.4. The van der Waals surface area contributed by atoms with Crippen LogP contribution in [-0.4, -0.2) is 78.6 Å². The molecule has 3 aliphatic rings. The summed E-state index contributed by atoms with van der Waals surface area (Å²) in [5, 5.41) is 13.5. The van der Waals surface area contributed by atoms with Gasteiger partial charge in [-0.15, -0.1) is 0 Å². The fraction of sp³-hybridized carbons (Fsp3) is 0.371. The Bertz CT molecular complexity index is 1650. The molecule has 3 aromatic carbocycles. The number of amides is 2. The topological polar surface area (TPSA) is 101 Å². The smallest absolute Gasteiger partial charge is 0.408 e. The number of fused-ring (bicyclic) bond motifs is 2. The van der Waals surface area contributed by atoms with Gasteiger partial charge in [0.1, 0.15) is 11.5 Å². The Balaban J connectivity index is 1.21. The number of carboxylic acid groups (broad SMARTS) is 1. The van der Waals surface area contributed by atoms with Gasteiger partial charge in [-0.05, 0) is 85.2 Å². The highest BCUT2D eigenvalue weighted by molar-refractivity contribution is 6.04. The minimum atomic E-state index is -1.35. The average Bonchev–Trinajstić information content (AvgIpc) is 3.92. The van der Waals surface area contributed by atoms with Crippen molar-refractivity contribution >= 4 is 17.6 Å². The molecule has 248 valence electrons. The van der Waals surface area contributed by atoms with E-state index in [4.69, 9.17) is 14.2 Å². The number of hydrogen-bond acceptors (Lipinski definition) is 6. The second-order valence-electron chi connectivity index (χ2n) is 11.9. The summed E-state index contributed by atoms with van der Waals surface area (Å²) in [6, 6.07) is 15.3. The highest BCUT2D eigenvalue weighted by Gasteiger charge is 2.46. The third kappa shape index (κ3) is 7.02. The Morgan fingerprint density at radius 1 is 0.936 bits per heavy atom. The van der Waals surface area contributed by atoms with Gasteiger partial charge >= 0.3 is 6.09 Å². The second-order valence-corrected chi connectivity index (χ2v) is 11.9. The van der Waals surface area contributed by atoms with Crippen LogP contribution in [0.2, 0.25) is 0 Å². The molecule has 0 spiro atoms. The normalized spacial score (nSPS) is 18.9. The van der Waals surface area contributed by atoms with Gasteiger partial charge in [0.15, 0.2) is 24.1 Å². The molecule has 0 radical (unpaired) electrons. The highest BCUT2D eigenvalue weighted by atomic mass is 19.2. The van der Waals surface area contributed by atoms with Crippen LogP contribution in [0.4, 0.5) is 18.0 Å². The van der Waals surface area contributed by atoms with Gasteiger partial charge in [-0.1, -0.05) is 24.3 Å². The quantitative estimate of drug-likeness (QED) is 0.149. The molecule has 12 heteroatoms. The van der Waals surface area contributed by atoms with Crippen molar-refractivity contribution in [2.75, 3.05) is 33.5 Å². The second kappa shape index (κ2) is 14.0. The summed E-state index contributed by atoms with van der Waals surface area (Å²) in [5.41, 5.74) is 3.02. The van der Waals surface area contributed by atoms with Gasteiger partial charge < -0.3 is 29.5 Å². The van der Waals surface area contributed by atoms with Crippen LogP contribution in [0.1, 0.15) is 36.8 Å². The Morgan fingerprint density at radius 2 is 1.64 bits per heavy atom. The number of halogens is 3. The molecule has 2 bridgehead atoms. The van der Waals surface area contributed by atoms with E-state index in [2.05, 4.69) is 5.32 Å². The highest BCUT2D eigenvalue weighted by Crippen LogP contribution is 2.39. The predicted octanol–water partition coefficient (Wildman–Crippen LogP) is 5.63. The van der Waals surface area contributed by atoms with Crippen LogP contribution < -0.4 is 19.5 Å². The Labute approximate surface area is 270 Å². The summed E-state index contributed by atoms with van der Waals surface area (Å²) >= 11 is 0. The molecule has 1 aliphatic carbocycles. The lowest BCUT2D eigenvalue weighted by atomic mass is 9.81. The number of nitrogens with one attached hydrogen (secondary N) is 1. The van der Waals surface area contributed by atoms with Crippen molar-refractivity contribution in [3.05, 3.63) is 94.8 Å². The molecule has 47 heavy (non-hydrogen) atoms. The molecule has 2 N–H and O–H groups in total. The predicted molar refractivity (Wildman–Crippen MR) is 167 cm³/mol. The minimum absolute atomic E-state index is 0.000901. The number of ether oxygens (including phenoxy) is 3. The van der Waals surface area contributed by atoms with Crippen molar-refractivity contribution in [2.24, 2.45) is 0 Å². The van der Waals surface area contributed by atoms with Gasteiger partial charge in [0.2, 0.25) is 5.82 Å². The SMILES string of the molecule is COc1ccc(OCN(C(=O)C2=C(c3ccc(CCCOc4c(F)ccc(F)c4F)cc3)C[C@@H]3CNC[C@H]2N3C(=O)O)C2CC2)cc1. The standard InChI is InChI=1S/C35H36F3N3O6/c1-45-25-10-12-26(13-11-25)47-20-40(23-8-9-23)34(42)31-27(17-24-18-39-19-30(31)41(24)35(43)44)22-6-4-21(5-7-22)3-2-16-46-33-29(37)15-14-28(36)32(33)38/h4-7,10-15,23-24,30,39H,2-3,8-9,16-20H2,1H3,(H,43,44)/t24-,30-/m1/s1. The summed E-state index contributed by atoms with van der Waals surface area (Å²) in [4.78, 5) is 29.9. The molecule has 0 aromatic heterocycles. The van der Waals surface area contributed by atoms with Crippen molar-refractivity contribution in [1.29, 1.82) is 0 Å². The number of aryl methyl sites for hydroxylation is 1. The van der Waals surface area contributed by atoms with E-state index in [1.54, 1.807) is 36.3 Å². The van der Waals surface area contributed by atoms with E-state index in [9.17, 15) is 27.9 Å².